The monoisotopic (exact) mass is 300 g/mol. The van der Waals surface area contributed by atoms with Crippen LogP contribution in [0.4, 0.5) is 10.1 Å². The number of benzene rings is 1. The number of nitrogens with one attached hydrogen (secondary N) is 2. The molecule has 0 aliphatic carbocycles. The Balaban J connectivity index is 1.99. The Morgan fingerprint density at radius 1 is 1.50 bits per heavy atom. The van der Waals surface area contributed by atoms with E-state index in [0.717, 1.165) is 0 Å². The van der Waals surface area contributed by atoms with Crippen molar-refractivity contribution in [2.75, 3.05) is 23.4 Å². The highest BCUT2D eigenvalue weighted by Gasteiger charge is 2.26. The smallest absolute Gasteiger partial charge is 0.226 e. The maximum absolute atomic E-state index is 13.6. The topological polar surface area (TPSA) is 75.3 Å². The molecule has 0 bridgehead atoms. The van der Waals surface area contributed by atoms with Gasteiger partial charge in [-0.05, 0) is 18.6 Å². The molecule has 0 spiro atoms. The molecule has 5 nitrogen and oxygen atoms in total. The van der Waals surface area contributed by atoms with Crippen LogP contribution >= 0.6 is 0 Å². The number of carbonyl (C=O) groups excluding carboxylic acids is 1. The second-order valence-electron chi connectivity index (χ2n) is 4.95. The molecule has 1 amide bonds. The van der Waals surface area contributed by atoms with Crippen LogP contribution in [0.2, 0.25) is 0 Å². The van der Waals surface area contributed by atoms with Crippen LogP contribution < -0.4 is 10.6 Å². The Morgan fingerprint density at radius 3 is 2.90 bits per heavy atom. The lowest BCUT2D eigenvalue weighted by atomic mass is 10.1. The van der Waals surface area contributed by atoms with E-state index in [1.807, 2.05) is 0 Å². The molecule has 0 aromatic heterocycles. The van der Waals surface area contributed by atoms with Gasteiger partial charge in [0.25, 0.3) is 0 Å². The second-order valence-corrected chi connectivity index (χ2v) is 7.18. The lowest BCUT2D eigenvalue weighted by Crippen LogP contribution is -2.46. The molecule has 1 unspecified atom stereocenters. The van der Waals surface area contributed by atoms with Crippen LogP contribution in [0, 0.1) is 12.7 Å². The molecule has 1 fully saturated rings. The predicted octanol–water partition coefficient (Wildman–Crippen LogP) is 0.849. The van der Waals surface area contributed by atoms with Crippen molar-refractivity contribution in [1.29, 1.82) is 0 Å². The lowest BCUT2D eigenvalue weighted by molar-refractivity contribution is -0.116. The van der Waals surface area contributed by atoms with Gasteiger partial charge >= 0.3 is 0 Å². The summed E-state index contributed by atoms with van der Waals surface area (Å²) in [5.41, 5.74) is 0.777. The summed E-state index contributed by atoms with van der Waals surface area (Å²) < 4.78 is 36.5. The molecule has 0 radical (unpaired) electrons. The van der Waals surface area contributed by atoms with Crippen molar-refractivity contribution >= 4 is 21.4 Å². The molecular weight excluding hydrogens is 283 g/mol. The van der Waals surface area contributed by atoms with Gasteiger partial charge in [0, 0.05) is 19.0 Å². The molecule has 1 aliphatic rings. The number of carbonyl (C=O) groups is 1. The Morgan fingerprint density at radius 2 is 2.25 bits per heavy atom. The summed E-state index contributed by atoms with van der Waals surface area (Å²) in [7, 11) is -3.08. The number of anilines is 1. The molecule has 7 heteroatoms. The average molecular weight is 300 g/mol. The zero-order valence-electron chi connectivity index (χ0n) is 11.1. The van der Waals surface area contributed by atoms with Gasteiger partial charge in [-0.25, -0.2) is 12.8 Å². The van der Waals surface area contributed by atoms with E-state index in [1.54, 1.807) is 19.1 Å². The largest absolute Gasteiger partial charge is 0.323 e. The first kappa shape index (κ1) is 14.9. The normalized spacial score (nSPS) is 21.4. The third kappa shape index (κ3) is 3.77. The second kappa shape index (κ2) is 5.88. The van der Waals surface area contributed by atoms with Crippen molar-refractivity contribution in [2.45, 2.75) is 19.4 Å². The van der Waals surface area contributed by atoms with E-state index in [-0.39, 0.29) is 23.6 Å². The number of rotatable bonds is 3. The molecule has 1 atom stereocenters. The Bertz CT molecular complexity index is 596. The van der Waals surface area contributed by atoms with Crippen LogP contribution in [0.5, 0.6) is 0 Å². The van der Waals surface area contributed by atoms with Crippen molar-refractivity contribution in [3.63, 3.8) is 0 Å². The van der Waals surface area contributed by atoms with Gasteiger partial charge in [-0.15, -0.1) is 0 Å². The molecule has 110 valence electrons. The van der Waals surface area contributed by atoms with Crippen molar-refractivity contribution in [3.8, 4) is 0 Å². The fourth-order valence-electron chi connectivity index (χ4n) is 2.20. The number of amides is 1. The van der Waals surface area contributed by atoms with Gasteiger partial charge in [0.05, 0.1) is 17.2 Å². The first-order chi connectivity index (χ1) is 9.37. The SMILES string of the molecule is Cc1cccc(F)c1NC(=O)CC1CS(=O)(=O)CCN1. The maximum Gasteiger partial charge on any atom is 0.226 e. The van der Waals surface area contributed by atoms with Gasteiger partial charge in [0.1, 0.15) is 5.82 Å². The fourth-order valence-corrected chi connectivity index (χ4v) is 3.65. The molecule has 2 rings (SSSR count). The Hall–Kier alpha value is -1.47. The highest BCUT2D eigenvalue weighted by atomic mass is 32.2. The van der Waals surface area contributed by atoms with Gasteiger partial charge in [-0.2, -0.15) is 0 Å². The van der Waals surface area contributed by atoms with Gasteiger partial charge in [-0.1, -0.05) is 12.1 Å². The summed E-state index contributed by atoms with van der Waals surface area (Å²) in [6.07, 6.45) is 0.00695. The quantitative estimate of drug-likeness (QED) is 0.868. The van der Waals surface area contributed by atoms with E-state index in [4.69, 9.17) is 0 Å². The van der Waals surface area contributed by atoms with Gasteiger partial charge in [-0.3, -0.25) is 4.79 Å². The van der Waals surface area contributed by atoms with Gasteiger partial charge < -0.3 is 10.6 Å². The molecular formula is C13H17FN2O3S. The van der Waals surface area contributed by atoms with Crippen molar-refractivity contribution < 1.29 is 17.6 Å². The van der Waals surface area contributed by atoms with Crippen LogP contribution in [0.25, 0.3) is 0 Å². The minimum absolute atomic E-state index is 0.00695. The number of hydrogen-bond donors (Lipinski definition) is 2. The number of halogens is 1. The number of sulfone groups is 1. The first-order valence-corrected chi connectivity index (χ1v) is 8.18. The number of aryl methyl sites for hydroxylation is 1. The molecule has 1 aromatic rings. The summed E-state index contributed by atoms with van der Waals surface area (Å²) in [4.78, 5) is 11.9. The summed E-state index contributed by atoms with van der Waals surface area (Å²) in [5, 5.41) is 5.49. The highest BCUT2D eigenvalue weighted by Crippen LogP contribution is 2.19. The third-order valence-corrected chi connectivity index (χ3v) is 4.96. The summed E-state index contributed by atoms with van der Waals surface area (Å²) in [5.74, 6) is -0.857. The zero-order valence-corrected chi connectivity index (χ0v) is 12.0. The van der Waals surface area contributed by atoms with Gasteiger partial charge in [0.2, 0.25) is 5.91 Å². The Labute approximate surface area is 117 Å². The van der Waals surface area contributed by atoms with Crippen LogP contribution in [0.3, 0.4) is 0 Å². The van der Waals surface area contributed by atoms with Crippen LogP contribution in [-0.4, -0.2) is 38.4 Å². The van der Waals surface area contributed by atoms with E-state index in [9.17, 15) is 17.6 Å². The zero-order chi connectivity index (χ0) is 14.8. The summed E-state index contributed by atoms with van der Waals surface area (Å²) in [6.45, 7) is 2.04. The van der Waals surface area contributed by atoms with Crippen LogP contribution in [0.1, 0.15) is 12.0 Å². The highest BCUT2D eigenvalue weighted by molar-refractivity contribution is 7.91. The van der Waals surface area contributed by atoms with E-state index in [2.05, 4.69) is 10.6 Å². The van der Waals surface area contributed by atoms with Crippen molar-refractivity contribution in [1.82, 2.24) is 5.32 Å². The molecule has 1 heterocycles. The molecule has 1 aliphatic heterocycles. The lowest BCUT2D eigenvalue weighted by Gasteiger charge is -2.23. The molecule has 1 saturated heterocycles. The first-order valence-electron chi connectivity index (χ1n) is 6.36. The average Bonchev–Trinajstić information content (AvgIpc) is 2.33. The molecule has 0 saturated carbocycles. The van der Waals surface area contributed by atoms with E-state index >= 15 is 0 Å². The molecule has 2 N–H and O–H groups in total. The van der Waals surface area contributed by atoms with E-state index in [1.165, 1.54) is 6.07 Å². The van der Waals surface area contributed by atoms with Crippen molar-refractivity contribution in [2.24, 2.45) is 0 Å². The van der Waals surface area contributed by atoms with Crippen LogP contribution in [-0.2, 0) is 14.6 Å². The predicted molar refractivity (Wildman–Crippen MR) is 74.8 cm³/mol. The fraction of sp³-hybridized carbons (Fsp3) is 0.462. The molecule has 20 heavy (non-hydrogen) atoms. The minimum Gasteiger partial charge on any atom is -0.323 e. The van der Waals surface area contributed by atoms with E-state index < -0.39 is 27.6 Å². The Kier molecular flexibility index (Phi) is 4.39. The van der Waals surface area contributed by atoms with Crippen molar-refractivity contribution in [3.05, 3.63) is 29.6 Å². The third-order valence-electron chi connectivity index (χ3n) is 3.22. The number of hydrogen-bond acceptors (Lipinski definition) is 4. The molecule has 1 aromatic carbocycles. The van der Waals surface area contributed by atoms with Crippen LogP contribution in [0.15, 0.2) is 18.2 Å². The summed E-state index contributed by atoms with van der Waals surface area (Å²) in [6, 6.07) is 4.12. The number of para-hydroxylation sites is 1. The summed E-state index contributed by atoms with van der Waals surface area (Å²) >= 11 is 0. The maximum atomic E-state index is 13.6. The van der Waals surface area contributed by atoms with Gasteiger partial charge in [0.15, 0.2) is 9.84 Å². The minimum atomic E-state index is -3.08. The standard InChI is InChI=1S/C13H17FN2O3S/c1-9-3-2-4-11(14)13(9)16-12(17)7-10-8-20(18,19)6-5-15-10/h2-4,10,15H,5-8H2,1H3,(H,16,17). The van der Waals surface area contributed by atoms with E-state index in [0.29, 0.717) is 12.1 Å².